The van der Waals surface area contributed by atoms with E-state index in [0.717, 1.165) is 0 Å². The normalized spacial score (nSPS) is 11.2. The number of nitrogens with zero attached hydrogens (tertiary/aromatic N) is 1. The van der Waals surface area contributed by atoms with Gasteiger partial charge in [0, 0.05) is 37.9 Å². The third kappa shape index (κ3) is 3.44. The van der Waals surface area contributed by atoms with Gasteiger partial charge in [-0.25, -0.2) is 26.3 Å². The van der Waals surface area contributed by atoms with Crippen molar-refractivity contribution in [1.29, 1.82) is 0 Å². The molecule has 0 aliphatic rings. The average molecular weight is 385 g/mol. The standard InChI is InChI=1S/C18H10F6NP/c1-9-3-2-4-16(25-9)26(17-12(21)5-10(19)6-13(17)22)18-14(23)7-11(20)8-15(18)24/h2-8H,1H3. The molecule has 3 aromatic rings. The van der Waals surface area contributed by atoms with Crippen molar-refractivity contribution in [2.45, 2.75) is 6.92 Å². The molecule has 0 fully saturated rings. The lowest BCUT2D eigenvalue weighted by atomic mass is 10.3. The second kappa shape index (κ2) is 7.08. The van der Waals surface area contributed by atoms with Crippen LogP contribution in [0.25, 0.3) is 0 Å². The summed E-state index contributed by atoms with van der Waals surface area (Å²) in [6, 6.07) is 6.12. The number of hydrogen-bond donors (Lipinski definition) is 0. The Balaban J connectivity index is 2.36. The van der Waals surface area contributed by atoms with Crippen LogP contribution in [0, 0.1) is 41.8 Å². The SMILES string of the molecule is Cc1cccc(P(c2c(F)cc(F)cc2F)c2c(F)cc(F)cc2F)n1. The molecule has 134 valence electrons. The fraction of sp³-hybridized carbons (Fsp3) is 0.0556. The molecule has 1 aromatic heterocycles. The van der Waals surface area contributed by atoms with Crippen LogP contribution in [0.5, 0.6) is 0 Å². The smallest absolute Gasteiger partial charge is 0.137 e. The van der Waals surface area contributed by atoms with Crippen LogP contribution in [0.2, 0.25) is 0 Å². The second-order valence-corrected chi connectivity index (χ2v) is 7.43. The second-order valence-electron chi connectivity index (χ2n) is 5.41. The highest BCUT2D eigenvalue weighted by Gasteiger charge is 2.31. The van der Waals surface area contributed by atoms with Crippen molar-refractivity contribution in [1.82, 2.24) is 4.98 Å². The highest BCUT2D eigenvalue weighted by Crippen LogP contribution is 2.36. The van der Waals surface area contributed by atoms with Crippen molar-refractivity contribution in [3.63, 3.8) is 0 Å². The first-order valence-corrected chi connectivity index (χ1v) is 8.65. The molecule has 0 spiro atoms. The molecule has 0 radical (unpaired) electrons. The molecule has 1 nitrogen and oxygen atoms in total. The van der Waals surface area contributed by atoms with Crippen LogP contribution in [-0.4, -0.2) is 4.98 Å². The van der Waals surface area contributed by atoms with Crippen LogP contribution in [0.1, 0.15) is 5.69 Å². The number of aryl methyl sites for hydroxylation is 1. The van der Waals surface area contributed by atoms with Gasteiger partial charge >= 0.3 is 0 Å². The molecule has 2 aromatic carbocycles. The minimum atomic E-state index is -2.51. The van der Waals surface area contributed by atoms with Gasteiger partial charge in [0.15, 0.2) is 0 Å². The molecule has 1 heterocycles. The monoisotopic (exact) mass is 385 g/mol. The Hall–Kier alpha value is -2.40. The minimum absolute atomic E-state index is 0.00573. The molecular formula is C18H10F6NP. The number of halogens is 6. The molecule has 0 bridgehead atoms. The Kier molecular flexibility index (Phi) is 5.01. The highest BCUT2D eigenvalue weighted by molar-refractivity contribution is 7.79. The molecule has 26 heavy (non-hydrogen) atoms. The van der Waals surface area contributed by atoms with Crippen LogP contribution in [-0.2, 0) is 0 Å². The summed E-state index contributed by atoms with van der Waals surface area (Å²) < 4.78 is 84.0. The zero-order valence-corrected chi connectivity index (χ0v) is 14.1. The van der Waals surface area contributed by atoms with Crippen LogP contribution in [0.15, 0.2) is 42.5 Å². The summed E-state index contributed by atoms with van der Waals surface area (Å²) in [7, 11) is -2.51. The van der Waals surface area contributed by atoms with Gasteiger partial charge in [-0.15, -0.1) is 0 Å². The maximum Gasteiger partial charge on any atom is 0.137 e. The fourth-order valence-corrected chi connectivity index (χ4v) is 4.78. The molecule has 8 heteroatoms. The van der Waals surface area contributed by atoms with Gasteiger partial charge in [0.1, 0.15) is 34.9 Å². The molecule has 0 saturated heterocycles. The van der Waals surface area contributed by atoms with Gasteiger partial charge in [-0.2, -0.15) is 0 Å². The summed E-state index contributed by atoms with van der Waals surface area (Å²) in [6.45, 7) is 1.59. The maximum absolute atomic E-state index is 14.4. The highest BCUT2D eigenvalue weighted by atomic mass is 31.1. The Labute approximate surface area is 146 Å². The Bertz CT molecular complexity index is 888. The van der Waals surface area contributed by atoms with Crippen molar-refractivity contribution in [2.75, 3.05) is 0 Å². The van der Waals surface area contributed by atoms with Gasteiger partial charge in [-0.1, -0.05) is 6.07 Å². The predicted octanol–water partition coefficient (Wildman–Crippen LogP) is 3.98. The minimum Gasteiger partial charge on any atom is -0.253 e. The van der Waals surface area contributed by atoms with Crippen molar-refractivity contribution >= 4 is 24.0 Å². The third-order valence-corrected chi connectivity index (χ3v) is 5.97. The molecule has 0 aliphatic carbocycles. The van der Waals surface area contributed by atoms with E-state index in [1.54, 1.807) is 13.0 Å². The average Bonchev–Trinajstić information content (AvgIpc) is 2.51. The fourth-order valence-electron chi connectivity index (χ4n) is 2.49. The van der Waals surface area contributed by atoms with Crippen LogP contribution in [0.3, 0.4) is 0 Å². The molecule has 0 saturated carbocycles. The lowest BCUT2D eigenvalue weighted by molar-refractivity contribution is 0.552. The molecule has 0 amide bonds. The lowest BCUT2D eigenvalue weighted by Crippen LogP contribution is -2.31. The molecule has 0 aliphatic heterocycles. The summed E-state index contributed by atoms with van der Waals surface area (Å²) in [4.78, 5) is 4.11. The number of benzene rings is 2. The van der Waals surface area contributed by atoms with Gasteiger partial charge in [0.2, 0.25) is 0 Å². The third-order valence-electron chi connectivity index (χ3n) is 3.51. The van der Waals surface area contributed by atoms with E-state index in [9.17, 15) is 26.3 Å². The van der Waals surface area contributed by atoms with Gasteiger partial charge in [-0.05, 0) is 19.1 Å². The van der Waals surface area contributed by atoms with E-state index in [1.807, 2.05) is 0 Å². The van der Waals surface area contributed by atoms with E-state index in [-0.39, 0.29) is 5.44 Å². The van der Waals surface area contributed by atoms with Crippen LogP contribution >= 0.6 is 7.92 Å². The van der Waals surface area contributed by atoms with E-state index in [4.69, 9.17) is 0 Å². The number of pyridine rings is 1. The van der Waals surface area contributed by atoms with Gasteiger partial charge in [-0.3, -0.25) is 4.98 Å². The van der Waals surface area contributed by atoms with E-state index in [1.165, 1.54) is 12.1 Å². The summed E-state index contributed by atoms with van der Waals surface area (Å²) in [5, 5.41) is -1.44. The molecule has 0 unspecified atom stereocenters. The van der Waals surface area contributed by atoms with Crippen molar-refractivity contribution < 1.29 is 26.3 Å². The molecule has 0 N–H and O–H groups in total. The lowest BCUT2D eigenvalue weighted by Gasteiger charge is -2.21. The van der Waals surface area contributed by atoms with E-state index >= 15 is 0 Å². The molecular weight excluding hydrogens is 375 g/mol. The number of rotatable bonds is 3. The zero-order chi connectivity index (χ0) is 19.0. The van der Waals surface area contributed by atoms with Gasteiger partial charge in [0.05, 0.1) is 16.0 Å². The van der Waals surface area contributed by atoms with E-state index in [2.05, 4.69) is 4.98 Å². The van der Waals surface area contributed by atoms with E-state index in [0.29, 0.717) is 30.0 Å². The van der Waals surface area contributed by atoms with Crippen LogP contribution in [0.4, 0.5) is 26.3 Å². The Morgan fingerprint density at radius 3 is 1.50 bits per heavy atom. The first kappa shape index (κ1) is 18.4. The summed E-state index contributed by atoms with van der Waals surface area (Å²) in [6.07, 6.45) is 0. The van der Waals surface area contributed by atoms with Gasteiger partial charge < -0.3 is 0 Å². The summed E-state index contributed by atoms with van der Waals surface area (Å²) in [5.74, 6) is -7.56. The number of hydrogen-bond acceptors (Lipinski definition) is 1. The molecule has 3 rings (SSSR count). The summed E-state index contributed by atoms with van der Waals surface area (Å²) >= 11 is 0. The Morgan fingerprint density at radius 2 is 1.12 bits per heavy atom. The zero-order valence-electron chi connectivity index (χ0n) is 13.2. The quantitative estimate of drug-likeness (QED) is 0.491. The van der Waals surface area contributed by atoms with Crippen molar-refractivity contribution in [3.05, 3.63) is 83.1 Å². The van der Waals surface area contributed by atoms with Crippen molar-refractivity contribution in [2.24, 2.45) is 0 Å². The summed E-state index contributed by atoms with van der Waals surface area (Å²) in [5.41, 5.74) is 0.440. The first-order valence-electron chi connectivity index (χ1n) is 7.31. The first-order chi connectivity index (χ1) is 12.3. The van der Waals surface area contributed by atoms with Gasteiger partial charge in [0.25, 0.3) is 0 Å². The predicted molar refractivity (Wildman–Crippen MR) is 87.4 cm³/mol. The maximum atomic E-state index is 14.4. The van der Waals surface area contributed by atoms with Crippen LogP contribution < -0.4 is 16.0 Å². The van der Waals surface area contributed by atoms with E-state index < -0.39 is 53.4 Å². The van der Waals surface area contributed by atoms with Crippen molar-refractivity contribution in [3.8, 4) is 0 Å². The topological polar surface area (TPSA) is 12.9 Å². The number of aromatic nitrogens is 1. The largest absolute Gasteiger partial charge is 0.253 e. The Morgan fingerprint density at radius 1 is 0.692 bits per heavy atom. The molecule has 0 atom stereocenters.